The van der Waals surface area contributed by atoms with Crippen LogP contribution in [0.3, 0.4) is 0 Å². The van der Waals surface area contributed by atoms with E-state index in [9.17, 15) is 4.79 Å². The summed E-state index contributed by atoms with van der Waals surface area (Å²) >= 11 is 0. The van der Waals surface area contributed by atoms with Gasteiger partial charge in [-0.25, -0.2) is 0 Å². The second-order valence-corrected chi connectivity index (χ2v) is 4.08. The van der Waals surface area contributed by atoms with Crippen molar-refractivity contribution in [2.75, 3.05) is 13.2 Å². The number of esters is 1. The molecule has 1 aliphatic heterocycles. The first-order chi connectivity index (χ1) is 6.66. The summed E-state index contributed by atoms with van der Waals surface area (Å²) in [6.07, 6.45) is 1.91. The van der Waals surface area contributed by atoms with E-state index in [-0.39, 0.29) is 18.0 Å². The van der Waals surface area contributed by atoms with E-state index in [0.29, 0.717) is 12.5 Å². The molecule has 1 heterocycles. The minimum absolute atomic E-state index is 0.0443. The molecule has 0 spiro atoms. The van der Waals surface area contributed by atoms with Gasteiger partial charge >= 0.3 is 5.97 Å². The van der Waals surface area contributed by atoms with Gasteiger partial charge in [0.05, 0.1) is 18.6 Å². The Morgan fingerprint density at radius 1 is 1.57 bits per heavy atom. The van der Waals surface area contributed by atoms with Crippen molar-refractivity contribution in [3.63, 3.8) is 0 Å². The van der Waals surface area contributed by atoms with Gasteiger partial charge in [0.1, 0.15) is 0 Å². The molecule has 3 nitrogen and oxygen atoms in total. The highest BCUT2D eigenvalue weighted by Crippen LogP contribution is 2.27. The van der Waals surface area contributed by atoms with Gasteiger partial charge < -0.3 is 9.47 Å². The molecule has 0 aromatic heterocycles. The van der Waals surface area contributed by atoms with Crippen LogP contribution in [0.4, 0.5) is 0 Å². The summed E-state index contributed by atoms with van der Waals surface area (Å²) in [4.78, 5) is 11.6. The van der Waals surface area contributed by atoms with Crippen molar-refractivity contribution in [3.8, 4) is 0 Å². The highest BCUT2D eigenvalue weighted by atomic mass is 16.5. The van der Waals surface area contributed by atoms with E-state index in [2.05, 4.69) is 13.8 Å². The molecule has 0 bridgehead atoms. The van der Waals surface area contributed by atoms with E-state index in [1.165, 1.54) is 0 Å². The zero-order valence-corrected chi connectivity index (χ0v) is 9.29. The van der Waals surface area contributed by atoms with Gasteiger partial charge in [0.2, 0.25) is 0 Å². The largest absolute Gasteiger partial charge is 0.466 e. The van der Waals surface area contributed by atoms with Crippen molar-refractivity contribution in [2.24, 2.45) is 11.8 Å². The standard InChI is InChI=1S/C11H20O3/c1-4-13-11(12)9-6-5-7-14-10(9)8(2)3/h8-10H,4-7H2,1-3H3/t9-,10-/m1/s1. The summed E-state index contributed by atoms with van der Waals surface area (Å²) < 4.78 is 10.7. The lowest BCUT2D eigenvalue weighted by Crippen LogP contribution is -2.39. The number of hydrogen-bond acceptors (Lipinski definition) is 3. The Morgan fingerprint density at radius 2 is 2.29 bits per heavy atom. The number of hydrogen-bond donors (Lipinski definition) is 0. The molecule has 0 aromatic carbocycles. The zero-order chi connectivity index (χ0) is 10.6. The second-order valence-electron chi connectivity index (χ2n) is 4.08. The lowest BCUT2D eigenvalue weighted by atomic mass is 9.87. The molecule has 0 N–H and O–H groups in total. The SMILES string of the molecule is CCOC(=O)[C@@H]1CCCO[C@@H]1C(C)C. The summed E-state index contributed by atoms with van der Waals surface area (Å²) in [5.74, 6) is 0.235. The third-order valence-electron chi connectivity index (χ3n) is 2.61. The average molecular weight is 200 g/mol. The lowest BCUT2D eigenvalue weighted by molar-refractivity contribution is -0.160. The van der Waals surface area contributed by atoms with E-state index < -0.39 is 0 Å². The van der Waals surface area contributed by atoms with Gasteiger partial charge in [-0.15, -0.1) is 0 Å². The summed E-state index contributed by atoms with van der Waals surface area (Å²) in [7, 11) is 0. The van der Waals surface area contributed by atoms with Crippen molar-refractivity contribution in [2.45, 2.75) is 39.7 Å². The van der Waals surface area contributed by atoms with E-state index in [4.69, 9.17) is 9.47 Å². The zero-order valence-electron chi connectivity index (χ0n) is 9.29. The maximum absolute atomic E-state index is 11.6. The number of rotatable bonds is 3. The van der Waals surface area contributed by atoms with Gasteiger partial charge in [-0.2, -0.15) is 0 Å². The van der Waals surface area contributed by atoms with Crippen molar-refractivity contribution >= 4 is 5.97 Å². The lowest BCUT2D eigenvalue weighted by Gasteiger charge is -2.32. The Hall–Kier alpha value is -0.570. The monoisotopic (exact) mass is 200 g/mol. The van der Waals surface area contributed by atoms with Crippen LogP contribution in [0, 0.1) is 11.8 Å². The van der Waals surface area contributed by atoms with E-state index in [1.807, 2.05) is 6.92 Å². The first kappa shape index (κ1) is 11.5. The summed E-state index contributed by atoms with van der Waals surface area (Å²) in [6, 6.07) is 0. The van der Waals surface area contributed by atoms with Crippen LogP contribution >= 0.6 is 0 Å². The number of carbonyl (C=O) groups is 1. The third-order valence-corrected chi connectivity index (χ3v) is 2.61. The van der Waals surface area contributed by atoms with Crippen molar-refractivity contribution in [3.05, 3.63) is 0 Å². The molecular formula is C11H20O3. The number of ether oxygens (including phenoxy) is 2. The fourth-order valence-corrected chi connectivity index (χ4v) is 1.96. The molecule has 0 amide bonds. The van der Waals surface area contributed by atoms with Gasteiger partial charge in [0.15, 0.2) is 0 Å². The fraction of sp³-hybridized carbons (Fsp3) is 0.909. The Labute approximate surface area is 85.8 Å². The van der Waals surface area contributed by atoms with Crippen LogP contribution in [0.1, 0.15) is 33.6 Å². The van der Waals surface area contributed by atoms with Gasteiger partial charge in [-0.05, 0) is 25.7 Å². The van der Waals surface area contributed by atoms with Crippen LogP contribution in [0.15, 0.2) is 0 Å². The molecule has 0 saturated carbocycles. The van der Waals surface area contributed by atoms with Crippen LogP contribution in [0.2, 0.25) is 0 Å². The van der Waals surface area contributed by atoms with E-state index in [1.54, 1.807) is 0 Å². The first-order valence-corrected chi connectivity index (χ1v) is 5.45. The highest BCUT2D eigenvalue weighted by molar-refractivity contribution is 5.73. The van der Waals surface area contributed by atoms with Gasteiger partial charge in [0.25, 0.3) is 0 Å². The molecule has 0 aromatic rings. The quantitative estimate of drug-likeness (QED) is 0.654. The Kier molecular flexibility index (Phi) is 4.39. The van der Waals surface area contributed by atoms with E-state index >= 15 is 0 Å². The summed E-state index contributed by atoms with van der Waals surface area (Å²) in [6.45, 7) is 7.25. The first-order valence-electron chi connectivity index (χ1n) is 5.45. The van der Waals surface area contributed by atoms with Crippen LogP contribution in [-0.2, 0) is 14.3 Å². The molecule has 1 fully saturated rings. The molecule has 1 rings (SSSR count). The van der Waals surface area contributed by atoms with Crippen LogP contribution in [0.25, 0.3) is 0 Å². The van der Waals surface area contributed by atoms with Crippen LogP contribution in [0.5, 0.6) is 0 Å². The van der Waals surface area contributed by atoms with E-state index in [0.717, 1.165) is 19.4 Å². The van der Waals surface area contributed by atoms with Crippen molar-refractivity contribution in [1.82, 2.24) is 0 Å². The molecule has 0 aliphatic carbocycles. The second kappa shape index (κ2) is 5.35. The molecule has 82 valence electrons. The number of carbonyl (C=O) groups excluding carboxylic acids is 1. The van der Waals surface area contributed by atoms with Crippen molar-refractivity contribution < 1.29 is 14.3 Å². The molecule has 3 heteroatoms. The molecular weight excluding hydrogens is 180 g/mol. The van der Waals surface area contributed by atoms with Gasteiger partial charge in [-0.3, -0.25) is 4.79 Å². The minimum atomic E-state index is -0.0918. The molecule has 1 aliphatic rings. The predicted octanol–water partition coefficient (Wildman–Crippen LogP) is 2.00. The third kappa shape index (κ3) is 2.71. The molecule has 0 radical (unpaired) electrons. The van der Waals surface area contributed by atoms with Gasteiger partial charge in [-0.1, -0.05) is 13.8 Å². The molecule has 1 saturated heterocycles. The smallest absolute Gasteiger partial charge is 0.311 e. The summed E-state index contributed by atoms with van der Waals surface area (Å²) in [5, 5.41) is 0. The normalized spacial score (nSPS) is 27.7. The van der Waals surface area contributed by atoms with Crippen LogP contribution < -0.4 is 0 Å². The Balaban J connectivity index is 2.57. The Morgan fingerprint density at radius 3 is 2.86 bits per heavy atom. The predicted molar refractivity (Wildman–Crippen MR) is 53.9 cm³/mol. The maximum atomic E-state index is 11.6. The maximum Gasteiger partial charge on any atom is 0.311 e. The molecule has 2 atom stereocenters. The highest BCUT2D eigenvalue weighted by Gasteiger charge is 2.34. The molecule has 14 heavy (non-hydrogen) atoms. The summed E-state index contributed by atoms with van der Waals surface area (Å²) in [5.41, 5.74) is 0. The topological polar surface area (TPSA) is 35.5 Å². The molecule has 0 unspecified atom stereocenters. The van der Waals surface area contributed by atoms with Gasteiger partial charge in [0, 0.05) is 6.61 Å². The fourth-order valence-electron chi connectivity index (χ4n) is 1.96. The average Bonchev–Trinajstić information content (AvgIpc) is 2.18. The van der Waals surface area contributed by atoms with Crippen LogP contribution in [-0.4, -0.2) is 25.3 Å². The van der Waals surface area contributed by atoms with Crippen molar-refractivity contribution in [1.29, 1.82) is 0 Å². The minimum Gasteiger partial charge on any atom is -0.466 e. The Bertz CT molecular complexity index is 189.